The average molecular weight is 259 g/mol. The van der Waals surface area contributed by atoms with Gasteiger partial charge in [-0.25, -0.2) is 4.39 Å². The second-order valence-electron chi connectivity index (χ2n) is 4.62. The van der Waals surface area contributed by atoms with E-state index < -0.39 is 0 Å². The molecule has 19 heavy (non-hydrogen) atoms. The number of pyridine rings is 2. The number of aryl methyl sites for hydroxylation is 1. The molecule has 1 N–H and O–H groups in total. The largest absolute Gasteiger partial charge is 0.306 e. The van der Waals surface area contributed by atoms with E-state index in [1.807, 2.05) is 19.3 Å². The van der Waals surface area contributed by atoms with Crippen molar-refractivity contribution in [3.05, 3.63) is 59.4 Å². The molecule has 0 bridgehead atoms. The third kappa shape index (κ3) is 3.58. The summed E-state index contributed by atoms with van der Waals surface area (Å²) in [6.45, 7) is 4.95. The lowest BCUT2D eigenvalue weighted by atomic mass is 10.0. The van der Waals surface area contributed by atoms with Crippen LogP contribution in [-0.2, 0) is 0 Å². The van der Waals surface area contributed by atoms with Gasteiger partial charge in [-0.3, -0.25) is 9.97 Å². The van der Waals surface area contributed by atoms with Crippen LogP contribution >= 0.6 is 0 Å². The highest BCUT2D eigenvalue weighted by atomic mass is 19.1. The van der Waals surface area contributed by atoms with Gasteiger partial charge in [0.25, 0.3) is 0 Å². The molecule has 4 heteroatoms. The molecule has 0 aromatic carbocycles. The van der Waals surface area contributed by atoms with E-state index in [1.54, 1.807) is 6.20 Å². The summed E-state index contributed by atoms with van der Waals surface area (Å²) in [6.07, 6.45) is 7.54. The summed E-state index contributed by atoms with van der Waals surface area (Å²) >= 11 is 0. The molecule has 100 valence electrons. The standard InChI is InChI=1S/C15H18FN3/c1-3-4-19-15(12-5-11(2)7-17-8-12)13-6-14(16)10-18-9-13/h5-10,15,19H,3-4H2,1-2H3. The number of aromatic nitrogens is 2. The Morgan fingerprint density at radius 3 is 2.42 bits per heavy atom. The highest BCUT2D eigenvalue weighted by Crippen LogP contribution is 2.22. The van der Waals surface area contributed by atoms with E-state index in [0.717, 1.165) is 29.7 Å². The molecule has 1 unspecified atom stereocenters. The van der Waals surface area contributed by atoms with E-state index >= 15 is 0 Å². The molecule has 0 fully saturated rings. The Labute approximate surface area is 112 Å². The Bertz CT molecular complexity index is 497. The van der Waals surface area contributed by atoms with Crippen LogP contribution in [0.3, 0.4) is 0 Å². The van der Waals surface area contributed by atoms with E-state index in [1.165, 1.54) is 12.3 Å². The fraction of sp³-hybridized carbons (Fsp3) is 0.333. The molecule has 1 atom stereocenters. The Kier molecular flexibility index (Phi) is 4.58. The Morgan fingerprint density at radius 1 is 1.11 bits per heavy atom. The summed E-state index contributed by atoms with van der Waals surface area (Å²) in [4.78, 5) is 8.13. The van der Waals surface area contributed by atoms with Crippen molar-refractivity contribution >= 4 is 0 Å². The van der Waals surface area contributed by atoms with Gasteiger partial charge in [0.15, 0.2) is 0 Å². The maximum absolute atomic E-state index is 13.3. The third-order valence-electron chi connectivity index (χ3n) is 2.89. The minimum absolute atomic E-state index is 0.0736. The van der Waals surface area contributed by atoms with Gasteiger partial charge in [-0.1, -0.05) is 13.0 Å². The zero-order valence-electron chi connectivity index (χ0n) is 11.2. The van der Waals surface area contributed by atoms with E-state index in [9.17, 15) is 4.39 Å². The topological polar surface area (TPSA) is 37.8 Å². The second-order valence-corrected chi connectivity index (χ2v) is 4.62. The smallest absolute Gasteiger partial charge is 0.141 e. The van der Waals surface area contributed by atoms with E-state index in [-0.39, 0.29) is 11.9 Å². The van der Waals surface area contributed by atoms with Crippen molar-refractivity contribution in [2.75, 3.05) is 6.54 Å². The highest BCUT2D eigenvalue weighted by Gasteiger charge is 2.14. The first-order valence-corrected chi connectivity index (χ1v) is 6.46. The van der Waals surface area contributed by atoms with Gasteiger partial charge in [0.2, 0.25) is 0 Å². The van der Waals surface area contributed by atoms with Gasteiger partial charge in [-0.2, -0.15) is 0 Å². The molecule has 0 saturated carbocycles. The van der Waals surface area contributed by atoms with Gasteiger partial charge in [0.1, 0.15) is 5.82 Å². The minimum Gasteiger partial charge on any atom is -0.306 e. The fourth-order valence-electron chi connectivity index (χ4n) is 2.04. The molecule has 0 aliphatic rings. The number of hydrogen-bond donors (Lipinski definition) is 1. The maximum Gasteiger partial charge on any atom is 0.141 e. The summed E-state index contributed by atoms with van der Waals surface area (Å²) < 4.78 is 13.3. The number of nitrogens with zero attached hydrogens (tertiary/aromatic N) is 2. The maximum atomic E-state index is 13.3. The van der Waals surface area contributed by atoms with Gasteiger partial charge in [0.05, 0.1) is 12.2 Å². The van der Waals surface area contributed by atoms with Crippen molar-refractivity contribution < 1.29 is 4.39 Å². The molecule has 0 amide bonds. The van der Waals surface area contributed by atoms with Gasteiger partial charge in [-0.15, -0.1) is 0 Å². The molecule has 0 spiro atoms. The Hall–Kier alpha value is -1.81. The Balaban J connectivity index is 2.35. The molecule has 2 heterocycles. The minimum atomic E-state index is -0.318. The fourth-order valence-corrected chi connectivity index (χ4v) is 2.04. The van der Waals surface area contributed by atoms with Crippen molar-refractivity contribution in [2.45, 2.75) is 26.3 Å². The highest BCUT2D eigenvalue weighted by molar-refractivity contribution is 5.30. The summed E-state index contributed by atoms with van der Waals surface area (Å²) in [5.74, 6) is -0.318. The van der Waals surface area contributed by atoms with Gasteiger partial charge < -0.3 is 5.32 Å². The van der Waals surface area contributed by atoms with Crippen LogP contribution in [0, 0.1) is 12.7 Å². The van der Waals surface area contributed by atoms with Gasteiger partial charge >= 0.3 is 0 Å². The summed E-state index contributed by atoms with van der Waals surface area (Å²) in [7, 11) is 0. The molecule has 0 saturated heterocycles. The van der Waals surface area contributed by atoms with E-state index in [4.69, 9.17) is 0 Å². The monoisotopic (exact) mass is 259 g/mol. The van der Waals surface area contributed by atoms with Crippen LogP contribution in [0.2, 0.25) is 0 Å². The molecule has 3 nitrogen and oxygen atoms in total. The SMILES string of the molecule is CCCNC(c1cncc(C)c1)c1cncc(F)c1. The normalized spacial score (nSPS) is 12.4. The molecule has 0 radical (unpaired) electrons. The van der Waals surface area contributed by atoms with Crippen LogP contribution in [-0.4, -0.2) is 16.5 Å². The van der Waals surface area contributed by atoms with Crippen LogP contribution < -0.4 is 5.32 Å². The average Bonchev–Trinajstić information content (AvgIpc) is 2.39. The van der Waals surface area contributed by atoms with Crippen LogP contribution in [0.15, 0.2) is 36.9 Å². The first-order chi connectivity index (χ1) is 9.20. The first-order valence-electron chi connectivity index (χ1n) is 6.46. The second kappa shape index (κ2) is 6.38. The lowest BCUT2D eigenvalue weighted by Crippen LogP contribution is -2.23. The van der Waals surface area contributed by atoms with E-state index in [0.29, 0.717) is 0 Å². The van der Waals surface area contributed by atoms with Crippen molar-refractivity contribution in [1.29, 1.82) is 0 Å². The number of rotatable bonds is 5. The molecular weight excluding hydrogens is 241 g/mol. The third-order valence-corrected chi connectivity index (χ3v) is 2.89. The number of nitrogens with one attached hydrogen (secondary N) is 1. The summed E-state index contributed by atoms with van der Waals surface area (Å²) in [5.41, 5.74) is 2.94. The van der Waals surface area contributed by atoms with Crippen LogP contribution in [0.25, 0.3) is 0 Å². The number of hydrogen-bond acceptors (Lipinski definition) is 3. The molecule has 0 aliphatic heterocycles. The van der Waals surface area contributed by atoms with Crippen molar-refractivity contribution in [1.82, 2.24) is 15.3 Å². The molecule has 2 rings (SSSR count). The summed E-state index contributed by atoms with van der Waals surface area (Å²) in [6, 6.07) is 3.50. The van der Waals surface area contributed by atoms with Crippen molar-refractivity contribution in [3.8, 4) is 0 Å². The molecule has 0 aliphatic carbocycles. The Morgan fingerprint density at radius 2 is 1.79 bits per heavy atom. The van der Waals surface area contributed by atoms with Crippen molar-refractivity contribution in [2.24, 2.45) is 0 Å². The van der Waals surface area contributed by atoms with Crippen LogP contribution in [0.4, 0.5) is 4.39 Å². The van der Waals surface area contributed by atoms with E-state index in [2.05, 4.69) is 28.3 Å². The molecule has 2 aromatic rings. The molecule has 2 aromatic heterocycles. The lowest BCUT2D eigenvalue weighted by molar-refractivity contribution is 0.579. The zero-order valence-corrected chi connectivity index (χ0v) is 11.2. The van der Waals surface area contributed by atoms with Crippen molar-refractivity contribution in [3.63, 3.8) is 0 Å². The van der Waals surface area contributed by atoms with Gasteiger partial charge in [0, 0.05) is 18.6 Å². The predicted octanol–water partition coefficient (Wildman–Crippen LogP) is 3.01. The molecular formula is C15H18FN3. The first kappa shape index (κ1) is 13.6. The lowest BCUT2D eigenvalue weighted by Gasteiger charge is -2.19. The van der Waals surface area contributed by atoms with Crippen LogP contribution in [0.1, 0.15) is 36.1 Å². The predicted molar refractivity (Wildman–Crippen MR) is 73.3 cm³/mol. The zero-order chi connectivity index (χ0) is 13.7. The summed E-state index contributed by atoms with van der Waals surface area (Å²) in [5, 5.41) is 3.41. The number of halogens is 1. The van der Waals surface area contributed by atoms with Gasteiger partial charge in [-0.05, 0) is 42.6 Å². The quantitative estimate of drug-likeness (QED) is 0.897. The van der Waals surface area contributed by atoms with Crippen LogP contribution in [0.5, 0.6) is 0 Å².